The van der Waals surface area contributed by atoms with Crippen molar-refractivity contribution in [2.24, 2.45) is 0 Å². The number of hydrogen-bond donors (Lipinski definition) is 1. The summed E-state index contributed by atoms with van der Waals surface area (Å²) in [7, 11) is 0. The molecule has 0 atom stereocenters. The van der Waals surface area contributed by atoms with Crippen LogP contribution in [0.25, 0.3) is 0 Å². The minimum atomic E-state index is -5.68. The molecule has 1 aromatic rings. The number of nitrogens with zero attached hydrogens (tertiary/aromatic N) is 1. The fourth-order valence-corrected chi connectivity index (χ4v) is 1.21. The van der Waals surface area contributed by atoms with Crippen LogP contribution in [0, 0.1) is 12.8 Å². The molecule has 0 unspecified atom stereocenters. The van der Waals surface area contributed by atoms with Gasteiger partial charge in [0.05, 0.1) is 5.38 Å². The molecule has 1 aromatic heterocycles. The van der Waals surface area contributed by atoms with Crippen molar-refractivity contribution in [3.63, 3.8) is 0 Å². The van der Waals surface area contributed by atoms with Crippen molar-refractivity contribution < 1.29 is 27.1 Å². The van der Waals surface area contributed by atoms with Crippen molar-refractivity contribution in [2.45, 2.75) is 19.5 Å². The summed E-state index contributed by atoms with van der Waals surface area (Å²) in [4.78, 5) is 2.65. The van der Waals surface area contributed by atoms with Gasteiger partial charge in [-0.2, -0.15) is 22.0 Å². The van der Waals surface area contributed by atoms with E-state index in [9.17, 15) is 22.0 Å². The largest absolute Gasteiger partial charge is 0.493 e. The van der Waals surface area contributed by atoms with Gasteiger partial charge in [0.2, 0.25) is 5.88 Å². The fraction of sp³-hybridized carbons (Fsp3) is 0.375. The summed E-state index contributed by atoms with van der Waals surface area (Å²) in [5.41, 5.74) is 0. The highest BCUT2D eigenvalue weighted by molar-refractivity contribution is 7.09. The SMILES string of the molecule is C.C#C.Oc1csc(C(F)(F)C(F)(F)F)n1. The van der Waals surface area contributed by atoms with Gasteiger partial charge in [-0.1, -0.05) is 7.43 Å². The molecule has 0 radical (unpaired) electrons. The Labute approximate surface area is 92.7 Å². The van der Waals surface area contributed by atoms with Gasteiger partial charge < -0.3 is 5.11 Å². The van der Waals surface area contributed by atoms with Crippen LogP contribution in [0.4, 0.5) is 22.0 Å². The Bertz CT molecular complexity index is 344. The normalized spacial score (nSPS) is 10.9. The number of terminal acetylenes is 1. The molecule has 0 amide bonds. The molecular weight excluding hydrogens is 253 g/mol. The number of thiazole rings is 1. The standard InChI is InChI=1S/C5H2F5NOS.C2H2.CH4/c6-4(7,5(8,9)10)3-11-2(12)1-13-3;1-2;/h1,12H;1-2H;1H4. The van der Waals surface area contributed by atoms with Crippen LogP contribution in [0.3, 0.4) is 0 Å². The Morgan fingerprint density at radius 2 is 1.62 bits per heavy atom. The van der Waals surface area contributed by atoms with Crippen molar-refractivity contribution in [1.29, 1.82) is 0 Å². The van der Waals surface area contributed by atoms with Gasteiger partial charge in [0, 0.05) is 0 Å². The van der Waals surface area contributed by atoms with Crippen LogP contribution >= 0.6 is 11.3 Å². The van der Waals surface area contributed by atoms with Crippen LogP contribution in [0.5, 0.6) is 5.88 Å². The maximum Gasteiger partial charge on any atom is 0.460 e. The zero-order chi connectivity index (χ0) is 12.3. The van der Waals surface area contributed by atoms with Crippen LogP contribution in [0.1, 0.15) is 12.4 Å². The number of rotatable bonds is 1. The van der Waals surface area contributed by atoms with Gasteiger partial charge in [-0.25, -0.2) is 4.98 Å². The first-order valence-corrected chi connectivity index (χ1v) is 4.06. The highest BCUT2D eigenvalue weighted by Crippen LogP contribution is 2.45. The summed E-state index contributed by atoms with van der Waals surface area (Å²) < 4.78 is 59.8. The van der Waals surface area contributed by atoms with E-state index in [4.69, 9.17) is 5.11 Å². The molecule has 1 heterocycles. The lowest BCUT2D eigenvalue weighted by atomic mass is 10.3. The molecule has 0 aromatic carbocycles. The van der Waals surface area contributed by atoms with Crippen LogP contribution in [-0.4, -0.2) is 16.3 Å². The lowest BCUT2D eigenvalue weighted by Gasteiger charge is -2.16. The summed E-state index contributed by atoms with van der Waals surface area (Å²) in [5, 5.41) is 7.72. The van der Waals surface area contributed by atoms with Gasteiger partial charge in [-0.3, -0.25) is 0 Å². The van der Waals surface area contributed by atoms with Gasteiger partial charge >= 0.3 is 12.1 Å². The first-order chi connectivity index (χ1) is 6.75. The van der Waals surface area contributed by atoms with E-state index in [2.05, 4.69) is 17.8 Å². The van der Waals surface area contributed by atoms with Gasteiger partial charge in [0.1, 0.15) is 0 Å². The summed E-state index contributed by atoms with van der Waals surface area (Å²) in [6.07, 6.45) is 2.32. The molecule has 1 N–H and O–H groups in total. The molecule has 0 bridgehead atoms. The highest BCUT2D eigenvalue weighted by Gasteiger charge is 2.60. The van der Waals surface area contributed by atoms with E-state index in [-0.39, 0.29) is 18.8 Å². The van der Waals surface area contributed by atoms with E-state index < -0.39 is 23.0 Å². The number of aromatic hydroxyl groups is 1. The molecule has 0 saturated carbocycles. The number of alkyl halides is 5. The number of halogens is 5. The minimum Gasteiger partial charge on any atom is -0.493 e. The highest BCUT2D eigenvalue weighted by atomic mass is 32.1. The van der Waals surface area contributed by atoms with Crippen LogP contribution in [-0.2, 0) is 5.92 Å². The predicted octanol–water partition coefficient (Wildman–Crippen LogP) is 3.39. The van der Waals surface area contributed by atoms with Crippen molar-refractivity contribution in [3.05, 3.63) is 10.4 Å². The Morgan fingerprint density at radius 3 is 1.88 bits per heavy atom. The monoisotopic (exact) mass is 261 g/mol. The van der Waals surface area contributed by atoms with Gasteiger partial charge in [-0.15, -0.1) is 24.2 Å². The Hall–Kier alpha value is -1.36. The summed E-state index contributed by atoms with van der Waals surface area (Å²) in [5.74, 6) is -5.84. The minimum absolute atomic E-state index is 0. The molecule has 0 spiro atoms. The first kappa shape index (κ1) is 17.0. The third-order valence-electron chi connectivity index (χ3n) is 1.12. The average molecular weight is 261 g/mol. The lowest BCUT2D eigenvalue weighted by Crippen LogP contribution is -2.33. The molecule has 0 aliphatic carbocycles. The second kappa shape index (κ2) is 5.65. The van der Waals surface area contributed by atoms with Gasteiger partial charge in [0.15, 0.2) is 5.01 Å². The number of aromatic nitrogens is 1. The first-order valence-electron chi connectivity index (χ1n) is 3.18. The van der Waals surface area contributed by atoms with Crippen LogP contribution in [0.2, 0.25) is 0 Å². The van der Waals surface area contributed by atoms with Crippen LogP contribution < -0.4 is 0 Å². The Morgan fingerprint density at radius 1 is 1.19 bits per heavy atom. The van der Waals surface area contributed by atoms with Gasteiger partial charge in [0.25, 0.3) is 0 Å². The Kier molecular flexibility index (Phi) is 6.02. The maximum atomic E-state index is 12.4. The second-order valence-electron chi connectivity index (χ2n) is 2.08. The lowest BCUT2D eigenvalue weighted by molar-refractivity contribution is -0.289. The molecule has 2 nitrogen and oxygen atoms in total. The quantitative estimate of drug-likeness (QED) is 0.621. The molecule has 0 saturated heterocycles. The maximum absolute atomic E-state index is 12.4. The van der Waals surface area contributed by atoms with Crippen LogP contribution in [0.15, 0.2) is 5.38 Å². The summed E-state index contributed by atoms with van der Waals surface area (Å²) in [6.45, 7) is 0. The zero-order valence-corrected chi connectivity index (χ0v) is 7.74. The van der Waals surface area contributed by atoms with Crippen molar-refractivity contribution in [3.8, 4) is 18.7 Å². The van der Waals surface area contributed by atoms with E-state index in [1.54, 1.807) is 0 Å². The van der Waals surface area contributed by atoms with E-state index >= 15 is 0 Å². The molecule has 0 fully saturated rings. The molecule has 0 aliphatic rings. The molecule has 92 valence electrons. The molecule has 16 heavy (non-hydrogen) atoms. The van der Waals surface area contributed by atoms with Crippen molar-refractivity contribution in [1.82, 2.24) is 4.98 Å². The van der Waals surface area contributed by atoms with E-state index in [0.717, 1.165) is 0 Å². The molecule has 1 rings (SSSR count). The fourth-order valence-electron chi connectivity index (χ4n) is 0.531. The molecule has 8 heteroatoms. The third kappa shape index (κ3) is 3.34. The van der Waals surface area contributed by atoms with E-state index in [1.165, 1.54) is 0 Å². The van der Waals surface area contributed by atoms with Gasteiger partial charge in [-0.05, 0) is 0 Å². The molecule has 0 aliphatic heterocycles. The average Bonchev–Trinajstić information content (AvgIpc) is 2.54. The van der Waals surface area contributed by atoms with E-state index in [0.29, 0.717) is 5.38 Å². The van der Waals surface area contributed by atoms with Crippen molar-refractivity contribution >= 4 is 11.3 Å². The molecular formula is C8H8F5NOS. The number of hydrogen-bond acceptors (Lipinski definition) is 3. The zero-order valence-electron chi connectivity index (χ0n) is 6.92. The summed E-state index contributed by atoms with van der Waals surface area (Å²) >= 11 is 0.0522. The topological polar surface area (TPSA) is 33.1 Å². The second-order valence-corrected chi connectivity index (χ2v) is 2.94. The van der Waals surface area contributed by atoms with E-state index in [1.807, 2.05) is 0 Å². The van der Waals surface area contributed by atoms with Crippen molar-refractivity contribution in [2.75, 3.05) is 0 Å². The Balaban J connectivity index is 0. The predicted molar refractivity (Wildman–Crippen MR) is 50.3 cm³/mol. The smallest absolute Gasteiger partial charge is 0.460 e. The third-order valence-corrected chi connectivity index (χ3v) is 2.02. The summed E-state index contributed by atoms with van der Waals surface area (Å²) in [6, 6.07) is 0.